The summed E-state index contributed by atoms with van der Waals surface area (Å²) in [6.45, 7) is 10.8. The largest absolute Gasteiger partial charge is 0.366 e. The Balaban J connectivity index is 2.08. The van der Waals surface area contributed by atoms with E-state index >= 15 is 0 Å². The molecule has 2 nitrogen and oxygen atoms in total. The van der Waals surface area contributed by atoms with Gasteiger partial charge in [0.15, 0.2) is 0 Å². The fourth-order valence-electron chi connectivity index (χ4n) is 4.97. The normalized spacial score (nSPS) is 56.9. The molecule has 2 unspecified atom stereocenters. The maximum atomic E-state index is 11.9. The number of epoxide rings is 1. The Bertz CT molecular complexity index is 379. The number of hydrogen-bond acceptors (Lipinski definition) is 2. The Kier molecular flexibility index (Phi) is 1.62. The van der Waals surface area contributed by atoms with Crippen LogP contribution in [0.1, 0.15) is 53.9 Å². The number of carbonyl (C=O) groups is 1. The van der Waals surface area contributed by atoms with Crippen molar-refractivity contribution in [3.8, 4) is 0 Å². The van der Waals surface area contributed by atoms with E-state index < -0.39 is 0 Å². The van der Waals surface area contributed by atoms with Crippen molar-refractivity contribution >= 4 is 5.78 Å². The van der Waals surface area contributed by atoms with Crippen molar-refractivity contribution in [1.29, 1.82) is 0 Å². The summed E-state index contributed by atoms with van der Waals surface area (Å²) in [5.74, 6) is 0.345. The lowest BCUT2D eigenvalue weighted by Gasteiger charge is -2.44. The third-order valence-corrected chi connectivity index (χ3v) is 6.19. The van der Waals surface area contributed by atoms with Gasteiger partial charge in [0.05, 0.1) is 11.7 Å². The molecule has 1 spiro atoms. The monoisotopic (exact) mass is 222 g/mol. The molecule has 0 radical (unpaired) electrons. The zero-order valence-corrected chi connectivity index (χ0v) is 11.0. The smallest absolute Gasteiger partial charge is 0.136 e. The Morgan fingerprint density at radius 2 is 1.88 bits per heavy atom. The van der Waals surface area contributed by atoms with Crippen LogP contribution in [0.25, 0.3) is 0 Å². The highest BCUT2D eigenvalue weighted by atomic mass is 16.6. The van der Waals surface area contributed by atoms with Crippen molar-refractivity contribution in [3.63, 3.8) is 0 Å². The standard InChI is InChI=1S/C14H22O2/c1-9(15)12(4)8-14(12)11(2,3)7-6-10-13(14,5)16-10/h10H,6-8H2,1-5H3/t10-,12?,13-,14?/m0/s1. The fourth-order valence-corrected chi connectivity index (χ4v) is 4.97. The van der Waals surface area contributed by atoms with E-state index in [1.807, 2.05) is 0 Å². The van der Waals surface area contributed by atoms with Crippen LogP contribution in [0, 0.1) is 16.2 Å². The highest BCUT2D eigenvalue weighted by Gasteiger charge is 2.87. The SMILES string of the molecule is CC(=O)C1(C)CC12C(C)(C)CC[C@@H]1O[C@@]12C. The quantitative estimate of drug-likeness (QED) is 0.638. The molecule has 4 atom stereocenters. The Hall–Kier alpha value is -0.370. The minimum absolute atomic E-state index is 0.0187. The highest BCUT2D eigenvalue weighted by molar-refractivity contribution is 5.87. The second kappa shape index (κ2) is 2.40. The summed E-state index contributed by atoms with van der Waals surface area (Å²) in [5.41, 5.74) is 0.173. The van der Waals surface area contributed by atoms with Gasteiger partial charge in [-0.05, 0) is 38.5 Å². The summed E-state index contributed by atoms with van der Waals surface area (Å²) in [7, 11) is 0. The average molecular weight is 222 g/mol. The molecular formula is C14H22O2. The first-order valence-corrected chi connectivity index (χ1v) is 6.40. The molecule has 2 saturated carbocycles. The second-order valence-electron chi connectivity index (χ2n) is 7.11. The van der Waals surface area contributed by atoms with Crippen LogP contribution in [0.15, 0.2) is 0 Å². The Labute approximate surface area is 97.7 Å². The second-order valence-corrected chi connectivity index (χ2v) is 7.11. The molecule has 0 aromatic carbocycles. The van der Waals surface area contributed by atoms with E-state index in [4.69, 9.17) is 4.74 Å². The molecule has 0 bridgehead atoms. The number of ether oxygens (including phenoxy) is 1. The lowest BCUT2D eigenvalue weighted by atomic mass is 9.57. The molecule has 3 fully saturated rings. The van der Waals surface area contributed by atoms with Gasteiger partial charge in [-0.3, -0.25) is 4.79 Å². The lowest BCUT2D eigenvalue weighted by molar-refractivity contribution is -0.125. The first-order valence-electron chi connectivity index (χ1n) is 6.40. The minimum Gasteiger partial charge on any atom is -0.366 e. The third-order valence-electron chi connectivity index (χ3n) is 6.19. The molecule has 0 aromatic heterocycles. The molecular weight excluding hydrogens is 200 g/mol. The van der Waals surface area contributed by atoms with Gasteiger partial charge in [0.1, 0.15) is 5.78 Å². The predicted molar refractivity (Wildman–Crippen MR) is 62.1 cm³/mol. The van der Waals surface area contributed by atoms with E-state index in [-0.39, 0.29) is 21.8 Å². The highest BCUT2D eigenvalue weighted by Crippen LogP contribution is 2.84. The molecule has 90 valence electrons. The topological polar surface area (TPSA) is 29.6 Å². The van der Waals surface area contributed by atoms with Crippen LogP contribution in [0.3, 0.4) is 0 Å². The third kappa shape index (κ3) is 0.816. The van der Waals surface area contributed by atoms with Gasteiger partial charge in [-0.15, -0.1) is 0 Å². The summed E-state index contributed by atoms with van der Waals surface area (Å²) in [5, 5.41) is 0. The van der Waals surface area contributed by atoms with E-state index in [0.29, 0.717) is 11.9 Å². The average Bonchev–Trinajstić information content (AvgIpc) is 2.98. The zero-order valence-electron chi connectivity index (χ0n) is 11.0. The molecule has 0 amide bonds. The van der Waals surface area contributed by atoms with Gasteiger partial charge in [0.25, 0.3) is 0 Å². The van der Waals surface area contributed by atoms with Gasteiger partial charge in [-0.2, -0.15) is 0 Å². The number of hydrogen-bond donors (Lipinski definition) is 0. The number of rotatable bonds is 1. The molecule has 0 N–H and O–H groups in total. The Morgan fingerprint density at radius 1 is 1.25 bits per heavy atom. The van der Waals surface area contributed by atoms with Crippen LogP contribution < -0.4 is 0 Å². The van der Waals surface area contributed by atoms with E-state index in [1.54, 1.807) is 6.92 Å². The molecule has 2 aliphatic carbocycles. The van der Waals surface area contributed by atoms with Crippen molar-refractivity contribution in [2.24, 2.45) is 16.2 Å². The van der Waals surface area contributed by atoms with Crippen molar-refractivity contribution in [2.45, 2.75) is 65.6 Å². The summed E-state index contributed by atoms with van der Waals surface area (Å²) < 4.78 is 5.97. The van der Waals surface area contributed by atoms with Gasteiger partial charge >= 0.3 is 0 Å². The predicted octanol–water partition coefficient (Wildman–Crippen LogP) is 2.95. The van der Waals surface area contributed by atoms with E-state index in [0.717, 1.165) is 6.42 Å². The molecule has 0 aromatic rings. The van der Waals surface area contributed by atoms with Crippen LogP contribution in [0.2, 0.25) is 0 Å². The van der Waals surface area contributed by atoms with Crippen LogP contribution in [0.5, 0.6) is 0 Å². The molecule has 1 heterocycles. The Morgan fingerprint density at radius 3 is 2.38 bits per heavy atom. The van der Waals surface area contributed by atoms with E-state index in [2.05, 4.69) is 27.7 Å². The van der Waals surface area contributed by atoms with E-state index in [9.17, 15) is 4.79 Å². The van der Waals surface area contributed by atoms with Crippen molar-refractivity contribution in [1.82, 2.24) is 0 Å². The van der Waals surface area contributed by atoms with Gasteiger partial charge in [0.2, 0.25) is 0 Å². The van der Waals surface area contributed by atoms with Gasteiger partial charge in [-0.1, -0.05) is 20.8 Å². The molecule has 16 heavy (non-hydrogen) atoms. The lowest BCUT2D eigenvalue weighted by Crippen LogP contribution is -2.47. The summed E-state index contributed by atoms with van der Waals surface area (Å²) in [4.78, 5) is 11.9. The zero-order chi connectivity index (χ0) is 12.0. The van der Waals surface area contributed by atoms with Gasteiger partial charge < -0.3 is 4.74 Å². The van der Waals surface area contributed by atoms with Gasteiger partial charge in [0, 0.05) is 10.8 Å². The van der Waals surface area contributed by atoms with E-state index in [1.165, 1.54) is 12.8 Å². The van der Waals surface area contributed by atoms with Gasteiger partial charge in [-0.25, -0.2) is 0 Å². The maximum Gasteiger partial charge on any atom is 0.136 e. The molecule has 3 rings (SSSR count). The minimum atomic E-state index is -0.138. The summed E-state index contributed by atoms with van der Waals surface area (Å²) >= 11 is 0. The number of Topliss-reactive ketones (excluding diaryl/α,β-unsaturated/α-hetero) is 1. The summed E-state index contributed by atoms with van der Waals surface area (Å²) in [6, 6.07) is 0. The van der Waals surface area contributed by atoms with Crippen molar-refractivity contribution in [3.05, 3.63) is 0 Å². The maximum absolute atomic E-state index is 11.9. The molecule has 3 aliphatic rings. The van der Waals surface area contributed by atoms with Crippen LogP contribution in [0.4, 0.5) is 0 Å². The molecule has 1 saturated heterocycles. The molecule has 1 aliphatic heterocycles. The fraction of sp³-hybridized carbons (Fsp3) is 0.929. The van der Waals surface area contributed by atoms with Crippen molar-refractivity contribution < 1.29 is 9.53 Å². The summed E-state index contributed by atoms with van der Waals surface area (Å²) in [6.07, 6.45) is 3.80. The van der Waals surface area contributed by atoms with Crippen LogP contribution >= 0.6 is 0 Å². The number of fused-ring (bicyclic) bond motifs is 2. The molecule has 2 heteroatoms. The van der Waals surface area contributed by atoms with Crippen molar-refractivity contribution in [2.75, 3.05) is 0 Å². The number of carbonyl (C=O) groups excluding carboxylic acids is 1. The van der Waals surface area contributed by atoms with Crippen LogP contribution in [-0.2, 0) is 9.53 Å². The first-order chi connectivity index (χ1) is 7.21. The number of ketones is 1. The first kappa shape index (κ1) is 10.8. The van der Waals surface area contributed by atoms with Crippen LogP contribution in [-0.4, -0.2) is 17.5 Å².